The van der Waals surface area contributed by atoms with Crippen molar-refractivity contribution in [3.05, 3.63) is 0 Å². The van der Waals surface area contributed by atoms with Gasteiger partial charge in [-0.25, -0.2) is 0 Å². The van der Waals surface area contributed by atoms with Crippen LogP contribution in [-0.2, 0) is 0 Å². The standard InChI is InChI=1S/C19H41NO3/c20-19(13-7-1-4-10-16-21,14-8-2-5-11-17-22)15-9-3-6-12-18-23/h21-23H,1-18,20H2. The molecule has 0 amide bonds. The average molecular weight is 332 g/mol. The zero-order valence-electron chi connectivity index (χ0n) is 15.1. The Morgan fingerprint density at radius 2 is 0.696 bits per heavy atom. The molecule has 0 aliphatic rings. The van der Waals surface area contributed by atoms with Crippen LogP contribution in [0.5, 0.6) is 0 Å². The van der Waals surface area contributed by atoms with Gasteiger partial charge in [0.15, 0.2) is 0 Å². The maximum absolute atomic E-state index is 8.84. The first-order chi connectivity index (χ1) is 11.2. The molecule has 0 bridgehead atoms. The lowest BCUT2D eigenvalue weighted by Crippen LogP contribution is -2.39. The van der Waals surface area contributed by atoms with Gasteiger partial charge in [0.05, 0.1) is 0 Å². The summed E-state index contributed by atoms with van der Waals surface area (Å²) >= 11 is 0. The zero-order chi connectivity index (χ0) is 17.2. The van der Waals surface area contributed by atoms with E-state index in [1.165, 1.54) is 0 Å². The van der Waals surface area contributed by atoms with Gasteiger partial charge >= 0.3 is 0 Å². The van der Waals surface area contributed by atoms with E-state index in [4.69, 9.17) is 21.1 Å². The second kappa shape index (κ2) is 16.7. The van der Waals surface area contributed by atoms with Crippen LogP contribution in [0.25, 0.3) is 0 Å². The second-order valence-corrected chi connectivity index (χ2v) is 7.03. The van der Waals surface area contributed by atoms with Crippen molar-refractivity contribution in [1.82, 2.24) is 0 Å². The van der Waals surface area contributed by atoms with Gasteiger partial charge in [-0.3, -0.25) is 0 Å². The highest BCUT2D eigenvalue weighted by Crippen LogP contribution is 2.26. The first kappa shape index (κ1) is 22.8. The Hall–Kier alpha value is -0.160. The summed E-state index contributed by atoms with van der Waals surface area (Å²) in [5, 5.41) is 26.5. The van der Waals surface area contributed by atoms with Crippen LogP contribution < -0.4 is 5.73 Å². The molecule has 140 valence electrons. The Bertz CT molecular complexity index is 201. The molecule has 4 nitrogen and oxygen atoms in total. The highest BCUT2D eigenvalue weighted by atomic mass is 16.3. The molecule has 0 aromatic rings. The van der Waals surface area contributed by atoms with E-state index in [1.54, 1.807) is 0 Å². The van der Waals surface area contributed by atoms with Crippen LogP contribution in [-0.4, -0.2) is 40.7 Å². The molecule has 0 atom stereocenters. The molecule has 0 saturated carbocycles. The lowest BCUT2D eigenvalue weighted by molar-refractivity contribution is 0.268. The predicted octanol–water partition coefficient (Wildman–Crippen LogP) is 3.51. The fourth-order valence-electron chi connectivity index (χ4n) is 3.20. The molecular formula is C19H41NO3. The quantitative estimate of drug-likeness (QED) is 0.289. The van der Waals surface area contributed by atoms with Gasteiger partial charge in [0.1, 0.15) is 0 Å². The molecule has 0 radical (unpaired) electrons. The van der Waals surface area contributed by atoms with E-state index in [1.807, 2.05) is 0 Å². The van der Waals surface area contributed by atoms with E-state index in [0.717, 1.165) is 96.3 Å². The maximum atomic E-state index is 8.84. The van der Waals surface area contributed by atoms with Crippen molar-refractivity contribution < 1.29 is 15.3 Å². The van der Waals surface area contributed by atoms with Gasteiger partial charge in [0.2, 0.25) is 0 Å². The molecule has 5 N–H and O–H groups in total. The van der Waals surface area contributed by atoms with Crippen LogP contribution >= 0.6 is 0 Å². The first-order valence-corrected chi connectivity index (χ1v) is 9.80. The Morgan fingerprint density at radius 3 is 0.957 bits per heavy atom. The van der Waals surface area contributed by atoms with Gasteiger partial charge in [-0.1, -0.05) is 57.8 Å². The minimum atomic E-state index is -0.0440. The molecule has 0 spiro atoms. The molecule has 0 aliphatic carbocycles. The second-order valence-electron chi connectivity index (χ2n) is 7.03. The Morgan fingerprint density at radius 1 is 0.435 bits per heavy atom. The van der Waals surface area contributed by atoms with Crippen LogP contribution in [0.4, 0.5) is 0 Å². The average Bonchev–Trinajstić information content (AvgIpc) is 2.54. The van der Waals surface area contributed by atoms with Crippen molar-refractivity contribution in [3.8, 4) is 0 Å². The monoisotopic (exact) mass is 331 g/mol. The first-order valence-electron chi connectivity index (χ1n) is 9.80. The largest absolute Gasteiger partial charge is 0.396 e. The summed E-state index contributed by atoms with van der Waals surface area (Å²) in [5.74, 6) is 0. The number of nitrogens with two attached hydrogens (primary N) is 1. The van der Waals surface area contributed by atoms with Gasteiger partial charge in [-0.2, -0.15) is 0 Å². The normalized spacial score (nSPS) is 12.0. The van der Waals surface area contributed by atoms with Crippen molar-refractivity contribution in [3.63, 3.8) is 0 Å². The molecule has 23 heavy (non-hydrogen) atoms. The third-order valence-corrected chi connectivity index (χ3v) is 4.75. The van der Waals surface area contributed by atoms with Crippen LogP contribution in [0.1, 0.15) is 96.3 Å². The van der Waals surface area contributed by atoms with E-state index < -0.39 is 0 Å². The van der Waals surface area contributed by atoms with E-state index in [0.29, 0.717) is 19.8 Å². The summed E-state index contributed by atoms with van der Waals surface area (Å²) in [4.78, 5) is 0. The van der Waals surface area contributed by atoms with Gasteiger partial charge in [0.25, 0.3) is 0 Å². The topological polar surface area (TPSA) is 86.7 Å². The Balaban J connectivity index is 4.00. The predicted molar refractivity (Wildman–Crippen MR) is 97.4 cm³/mol. The zero-order valence-corrected chi connectivity index (χ0v) is 15.1. The number of hydrogen-bond donors (Lipinski definition) is 4. The molecular weight excluding hydrogens is 290 g/mol. The molecule has 0 heterocycles. The minimum absolute atomic E-state index is 0.0440. The Labute approximate surface area is 143 Å². The Kier molecular flexibility index (Phi) is 16.6. The summed E-state index contributed by atoms with van der Waals surface area (Å²) in [6.07, 6.45) is 16.2. The van der Waals surface area contributed by atoms with Gasteiger partial charge in [0, 0.05) is 25.4 Å². The van der Waals surface area contributed by atoms with Crippen LogP contribution in [0.2, 0.25) is 0 Å². The highest BCUT2D eigenvalue weighted by molar-refractivity contribution is 4.84. The summed E-state index contributed by atoms with van der Waals surface area (Å²) in [6.45, 7) is 0.885. The van der Waals surface area contributed by atoms with E-state index in [2.05, 4.69) is 0 Å². The van der Waals surface area contributed by atoms with Crippen molar-refractivity contribution in [1.29, 1.82) is 0 Å². The number of unbranched alkanes of at least 4 members (excludes halogenated alkanes) is 9. The van der Waals surface area contributed by atoms with Crippen LogP contribution in [0.3, 0.4) is 0 Å². The van der Waals surface area contributed by atoms with E-state index in [9.17, 15) is 0 Å². The molecule has 0 aromatic carbocycles. The maximum Gasteiger partial charge on any atom is 0.0431 e. The fourth-order valence-corrected chi connectivity index (χ4v) is 3.20. The summed E-state index contributed by atoms with van der Waals surface area (Å²) < 4.78 is 0. The summed E-state index contributed by atoms with van der Waals surface area (Å²) in [7, 11) is 0. The smallest absolute Gasteiger partial charge is 0.0431 e. The summed E-state index contributed by atoms with van der Waals surface area (Å²) in [6, 6.07) is 0. The molecule has 0 unspecified atom stereocenters. The third kappa shape index (κ3) is 15.1. The minimum Gasteiger partial charge on any atom is -0.396 e. The number of aliphatic hydroxyl groups excluding tert-OH is 3. The molecule has 0 saturated heterocycles. The lowest BCUT2D eigenvalue weighted by atomic mass is 9.83. The number of rotatable bonds is 18. The van der Waals surface area contributed by atoms with Gasteiger partial charge < -0.3 is 21.1 Å². The fraction of sp³-hybridized carbons (Fsp3) is 1.00. The number of hydrogen-bond acceptors (Lipinski definition) is 4. The third-order valence-electron chi connectivity index (χ3n) is 4.75. The molecule has 0 aliphatic heterocycles. The van der Waals surface area contributed by atoms with Crippen molar-refractivity contribution in [2.75, 3.05) is 19.8 Å². The van der Waals surface area contributed by atoms with Gasteiger partial charge in [-0.15, -0.1) is 0 Å². The SMILES string of the molecule is NC(CCCCCCO)(CCCCCCO)CCCCCCO. The molecule has 0 rings (SSSR count). The molecule has 0 fully saturated rings. The van der Waals surface area contributed by atoms with Crippen molar-refractivity contribution >= 4 is 0 Å². The van der Waals surface area contributed by atoms with Crippen LogP contribution in [0, 0.1) is 0 Å². The van der Waals surface area contributed by atoms with Crippen LogP contribution in [0.15, 0.2) is 0 Å². The van der Waals surface area contributed by atoms with E-state index >= 15 is 0 Å². The number of aliphatic hydroxyl groups is 3. The highest BCUT2D eigenvalue weighted by Gasteiger charge is 2.23. The van der Waals surface area contributed by atoms with Crippen molar-refractivity contribution in [2.24, 2.45) is 5.73 Å². The van der Waals surface area contributed by atoms with E-state index in [-0.39, 0.29) is 5.54 Å². The molecule has 0 aromatic heterocycles. The summed E-state index contributed by atoms with van der Waals surface area (Å²) in [5.41, 5.74) is 6.65. The molecule has 4 heteroatoms. The van der Waals surface area contributed by atoms with Gasteiger partial charge in [-0.05, 0) is 38.5 Å². The van der Waals surface area contributed by atoms with Crippen molar-refractivity contribution in [2.45, 2.75) is 102 Å². The lowest BCUT2D eigenvalue weighted by Gasteiger charge is -2.30.